The Kier molecular flexibility index (Phi) is 5.27. The van der Waals surface area contributed by atoms with Gasteiger partial charge in [0.25, 0.3) is 5.56 Å². The Morgan fingerprint density at radius 2 is 1.59 bits per heavy atom. The van der Waals surface area contributed by atoms with Crippen molar-refractivity contribution in [2.24, 2.45) is 7.05 Å². The van der Waals surface area contributed by atoms with Crippen molar-refractivity contribution < 1.29 is 0 Å². The smallest absolute Gasteiger partial charge is 0.324 e. The van der Waals surface area contributed by atoms with Gasteiger partial charge in [0, 0.05) is 26.7 Å². The van der Waals surface area contributed by atoms with E-state index in [4.69, 9.17) is 4.98 Å². The number of hydrogen-bond donors (Lipinski definition) is 1. The van der Waals surface area contributed by atoms with E-state index in [0.717, 1.165) is 31.8 Å². The summed E-state index contributed by atoms with van der Waals surface area (Å²) in [7, 11) is 1.86. The molecule has 32 heavy (non-hydrogen) atoms. The van der Waals surface area contributed by atoms with Gasteiger partial charge >= 0.3 is 5.69 Å². The summed E-state index contributed by atoms with van der Waals surface area (Å²) in [6, 6.07) is 17.0. The molecule has 0 fully saturated rings. The van der Waals surface area contributed by atoms with Crippen LogP contribution in [0.25, 0.3) is 22.3 Å². The van der Waals surface area contributed by atoms with E-state index >= 15 is 0 Å². The average molecular weight is 430 g/mol. The third kappa shape index (κ3) is 3.48. The number of aromatic amines is 1. The summed E-state index contributed by atoms with van der Waals surface area (Å²) in [5.74, 6) is 0.776. The van der Waals surface area contributed by atoms with E-state index in [9.17, 15) is 9.59 Å². The Balaban J connectivity index is 1.57. The zero-order valence-corrected chi connectivity index (χ0v) is 18.5. The lowest BCUT2D eigenvalue weighted by molar-refractivity contribution is 0.242. The second kappa shape index (κ2) is 8.24. The van der Waals surface area contributed by atoms with Crippen LogP contribution in [-0.2, 0) is 33.2 Å². The number of aryl methyl sites for hydroxylation is 2. The fraction of sp³-hybridized carbons (Fsp3) is 0.320. The highest BCUT2D eigenvalue weighted by Crippen LogP contribution is 2.33. The maximum atomic E-state index is 12.6. The van der Waals surface area contributed by atoms with Crippen molar-refractivity contribution >= 4 is 11.2 Å². The highest BCUT2D eigenvalue weighted by Gasteiger charge is 2.22. The lowest BCUT2D eigenvalue weighted by atomic mass is 9.97. The van der Waals surface area contributed by atoms with Crippen LogP contribution in [0.4, 0.5) is 0 Å². The van der Waals surface area contributed by atoms with Crippen molar-refractivity contribution in [3.63, 3.8) is 0 Å². The van der Waals surface area contributed by atoms with E-state index in [1.54, 1.807) is 4.57 Å². The molecule has 1 aliphatic rings. The second-order valence-electron chi connectivity index (χ2n) is 8.48. The molecule has 1 N–H and O–H groups in total. The molecule has 2 aromatic carbocycles. The van der Waals surface area contributed by atoms with Crippen molar-refractivity contribution in [1.82, 2.24) is 24.0 Å². The molecule has 0 amide bonds. The van der Waals surface area contributed by atoms with Crippen molar-refractivity contribution in [3.8, 4) is 11.1 Å². The van der Waals surface area contributed by atoms with Gasteiger partial charge in [-0.25, -0.2) is 9.78 Å². The molecule has 7 nitrogen and oxygen atoms in total. The third-order valence-electron chi connectivity index (χ3n) is 6.32. The minimum absolute atomic E-state index is 0.384. The summed E-state index contributed by atoms with van der Waals surface area (Å²) in [4.78, 5) is 34.6. The maximum absolute atomic E-state index is 12.6. The second-order valence-corrected chi connectivity index (χ2v) is 8.48. The molecule has 4 aromatic rings. The number of nitrogens with zero attached hydrogens (tertiary/aromatic N) is 4. The zero-order chi connectivity index (χ0) is 22.2. The van der Waals surface area contributed by atoms with Gasteiger partial charge in [-0.05, 0) is 28.7 Å². The number of benzene rings is 2. The van der Waals surface area contributed by atoms with Gasteiger partial charge in [-0.15, -0.1) is 0 Å². The first-order valence-corrected chi connectivity index (χ1v) is 11.1. The Morgan fingerprint density at radius 1 is 0.969 bits per heavy atom. The van der Waals surface area contributed by atoms with Crippen LogP contribution in [0.5, 0.6) is 0 Å². The van der Waals surface area contributed by atoms with Crippen molar-refractivity contribution in [2.45, 2.75) is 45.9 Å². The number of hydrogen-bond acceptors (Lipinski definition) is 4. The van der Waals surface area contributed by atoms with Crippen LogP contribution >= 0.6 is 0 Å². The molecular formula is C25H27N5O2. The predicted octanol–water partition coefficient (Wildman–Crippen LogP) is 3.41. The van der Waals surface area contributed by atoms with E-state index in [0.29, 0.717) is 24.3 Å². The molecule has 0 bridgehead atoms. The van der Waals surface area contributed by atoms with E-state index < -0.39 is 5.69 Å². The SMILES string of the molecule is CCCCn1c(=O)[nH]c(=O)c2c1nc(CN1Cc3ccccc3-c3ccccc3C1)n2C. The van der Waals surface area contributed by atoms with Gasteiger partial charge in [0.15, 0.2) is 11.2 Å². The van der Waals surface area contributed by atoms with Gasteiger partial charge < -0.3 is 4.57 Å². The van der Waals surface area contributed by atoms with E-state index in [2.05, 4.69) is 65.3 Å². The highest BCUT2D eigenvalue weighted by atomic mass is 16.2. The monoisotopic (exact) mass is 429 g/mol. The van der Waals surface area contributed by atoms with Crippen LogP contribution in [0, 0.1) is 0 Å². The summed E-state index contributed by atoms with van der Waals surface area (Å²) in [5, 5.41) is 0. The molecule has 5 rings (SSSR count). The molecule has 3 heterocycles. The van der Waals surface area contributed by atoms with Crippen molar-refractivity contribution in [3.05, 3.63) is 86.3 Å². The van der Waals surface area contributed by atoms with Crippen LogP contribution in [0.15, 0.2) is 58.1 Å². The summed E-state index contributed by atoms with van der Waals surface area (Å²) >= 11 is 0. The van der Waals surface area contributed by atoms with E-state index in [1.807, 2.05) is 11.6 Å². The lowest BCUT2D eigenvalue weighted by Gasteiger charge is -2.20. The third-order valence-corrected chi connectivity index (χ3v) is 6.32. The molecule has 0 spiro atoms. The van der Waals surface area contributed by atoms with Gasteiger partial charge in [-0.2, -0.15) is 0 Å². The zero-order valence-electron chi connectivity index (χ0n) is 18.5. The summed E-state index contributed by atoms with van der Waals surface area (Å²) in [5.41, 5.74) is 5.22. The molecule has 0 radical (unpaired) electrons. The quantitative estimate of drug-likeness (QED) is 0.528. The fourth-order valence-corrected chi connectivity index (χ4v) is 4.65. The van der Waals surface area contributed by atoms with Gasteiger partial charge in [0.2, 0.25) is 0 Å². The molecule has 1 aliphatic heterocycles. The van der Waals surface area contributed by atoms with E-state index in [1.165, 1.54) is 22.3 Å². The maximum Gasteiger partial charge on any atom is 0.330 e. The fourth-order valence-electron chi connectivity index (χ4n) is 4.65. The van der Waals surface area contributed by atoms with Crippen LogP contribution in [0.1, 0.15) is 36.7 Å². The molecule has 0 saturated carbocycles. The number of fused-ring (bicyclic) bond motifs is 4. The van der Waals surface area contributed by atoms with Gasteiger partial charge in [-0.3, -0.25) is 19.2 Å². The minimum Gasteiger partial charge on any atom is -0.324 e. The molecule has 0 atom stereocenters. The van der Waals surface area contributed by atoms with Gasteiger partial charge in [0.05, 0.1) is 6.54 Å². The van der Waals surface area contributed by atoms with Crippen LogP contribution < -0.4 is 11.2 Å². The van der Waals surface area contributed by atoms with Crippen LogP contribution in [0.2, 0.25) is 0 Å². The summed E-state index contributed by atoms with van der Waals surface area (Å²) in [6.45, 7) is 4.77. The molecule has 7 heteroatoms. The van der Waals surface area contributed by atoms with Crippen LogP contribution in [0.3, 0.4) is 0 Å². The Labute approximate surface area is 186 Å². The minimum atomic E-state index is -0.391. The largest absolute Gasteiger partial charge is 0.330 e. The number of imidazole rings is 1. The van der Waals surface area contributed by atoms with Crippen molar-refractivity contribution in [1.29, 1.82) is 0 Å². The first kappa shape index (κ1) is 20.5. The summed E-state index contributed by atoms with van der Waals surface area (Å²) < 4.78 is 3.43. The number of rotatable bonds is 5. The summed E-state index contributed by atoms with van der Waals surface area (Å²) in [6.07, 6.45) is 1.81. The first-order valence-electron chi connectivity index (χ1n) is 11.1. The lowest BCUT2D eigenvalue weighted by Crippen LogP contribution is -2.31. The van der Waals surface area contributed by atoms with Crippen LogP contribution in [-0.4, -0.2) is 24.0 Å². The van der Waals surface area contributed by atoms with Gasteiger partial charge in [0.1, 0.15) is 5.82 Å². The molecule has 0 saturated heterocycles. The number of unbranched alkanes of at least 4 members (excludes halogenated alkanes) is 1. The van der Waals surface area contributed by atoms with E-state index in [-0.39, 0.29) is 5.56 Å². The molecular weight excluding hydrogens is 402 g/mol. The molecule has 2 aromatic heterocycles. The Bertz CT molecular complexity index is 1360. The molecule has 164 valence electrons. The molecule has 0 unspecified atom stereocenters. The van der Waals surface area contributed by atoms with Crippen molar-refractivity contribution in [2.75, 3.05) is 0 Å². The topological polar surface area (TPSA) is 75.9 Å². The number of nitrogens with one attached hydrogen (secondary N) is 1. The Hall–Kier alpha value is -3.45. The normalized spacial score (nSPS) is 13.7. The highest BCUT2D eigenvalue weighted by molar-refractivity contribution is 5.72. The standard InChI is InChI=1S/C25H27N5O2/c1-3-4-13-30-23-22(24(31)27-25(30)32)28(2)21(26-23)16-29-14-17-9-5-7-11-19(17)20-12-8-6-10-18(20)15-29/h5-12H,3-4,13-16H2,1-2H3,(H,27,31,32). The predicted molar refractivity (Wildman–Crippen MR) is 125 cm³/mol. The van der Waals surface area contributed by atoms with Gasteiger partial charge in [-0.1, -0.05) is 61.9 Å². The number of H-pyrrole nitrogens is 1. The first-order chi connectivity index (χ1) is 15.6. The number of aromatic nitrogens is 4. The Morgan fingerprint density at radius 3 is 2.22 bits per heavy atom. The molecule has 0 aliphatic carbocycles. The average Bonchev–Trinajstić information content (AvgIpc) is 3.01.